The van der Waals surface area contributed by atoms with E-state index in [1.54, 1.807) is 18.4 Å². The maximum absolute atomic E-state index is 11.8. The quantitative estimate of drug-likeness (QED) is 0.814. The van der Waals surface area contributed by atoms with Gasteiger partial charge >= 0.3 is 0 Å². The van der Waals surface area contributed by atoms with Crippen molar-refractivity contribution in [1.82, 2.24) is 15.2 Å². The molecule has 2 aromatic rings. The Hall–Kier alpha value is -1.63. The van der Waals surface area contributed by atoms with Crippen LogP contribution in [-0.4, -0.2) is 42.5 Å². The molecule has 0 unspecified atom stereocenters. The third-order valence-corrected chi connectivity index (χ3v) is 4.40. The first kappa shape index (κ1) is 18.7. The molecule has 0 aliphatic carbocycles. The minimum Gasteiger partial charge on any atom is -0.495 e. The Labute approximate surface area is 151 Å². The summed E-state index contributed by atoms with van der Waals surface area (Å²) in [6, 6.07) is 5.76. The van der Waals surface area contributed by atoms with Crippen molar-refractivity contribution in [3.05, 3.63) is 33.6 Å². The summed E-state index contributed by atoms with van der Waals surface area (Å²) in [7, 11) is 3.50. The van der Waals surface area contributed by atoms with E-state index >= 15 is 0 Å². The summed E-state index contributed by atoms with van der Waals surface area (Å²) in [5.41, 5.74) is 1.82. The molecule has 1 amide bonds. The number of aromatic nitrogens is 1. The van der Waals surface area contributed by atoms with Gasteiger partial charge in [-0.25, -0.2) is 4.98 Å². The normalized spacial score (nSPS) is 11.1. The molecule has 0 bridgehead atoms. The van der Waals surface area contributed by atoms with E-state index in [1.807, 2.05) is 49.4 Å². The smallest absolute Gasteiger partial charge is 0.234 e. The molecule has 0 radical (unpaired) electrons. The Morgan fingerprint density at radius 1 is 1.46 bits per heavy atom. The van der Waals surface area contributed by atoms with Gasteiger partial charge in [0.25, 0.3) is 0 Å². The molecule has 1 aromatic carbocycles. The monoisotopic (exact) mass is 367 g/mol. The Balaban J connectivity index is 2.00. The van der Waals surface area contributed by atoms with Crippen molar-refractivity contribution in [2.75, 3.05) is 20.7 Å². The van der Waals surface area contributed by atoms with Gasteiger partial charge in [-0.05, 0) is 39.1 Å². The highest BCUT2D eigenvalue weighted by atomic mass is 35.5. The van der Waals surface area contributed by atoms with Gasteiger partial charge in [-0.2, -0.15) is 0 Å². The summed E-state index contributed by atoms with van der Waals surface area (Å²) in [5, 5.41) is 6.40. The van der Waals surface area contributed by atoms with E-state index in [1.165, 1.54) is 0 Å². The van der Waals surface area contributed by atoms with Crippen molar-refractivity contribution < 1.29 is 9.53 Å². The van der Waals surface area contributed by atoms with Crippen molar-refractivity contribution in [3.63, 3.8) is 0 Å². The van der Waals surface area contributed by atoms with Gasteiger partial charge < -0.3 is 10.1 Å². The first-order valence-corrected chi connectivity index (χ1v) is 8.91. The van der Waals surface area contributed by atoms with Crippen molar-refractivity contribution in [2.45, 2.75) is 26.4 Å². The zero-order valence-electron chi connectivity index (χ0n) is 14.3. The number of hydrogen-bond acceptors (Lipinski definition) is 5. The molecular formula is C17H22ClN3O2S. The fraction of sp³-hybridized carbons (Fsp3) is 0.412. The molecule has 2 rings (SSSR count). The predicted octanol–water partition coefficient (Wildman–Crippen LogP) is 3.43. The van der Waals surface area contributed by atoms with Crippen molar-refractivity contribution in [3.8, 4) is 17.0 Å². The first-order chi connectivity index (χ1) is 11.4. The van der Waals surface area contributed by atoms with Crippen LogP contribution in [0.4, 0.5) is 0 Å². The second-order valence-corrected chi connectivity index (χ2v) is 7.22. The molecule has 0 spiro atoms. The van der Waals surface area contributed by atoms with Gasteiger partial charge in [-0.3, -0.25) is 9.69 Å². The number of hydrogen-bond donors (Lipinski definition) is 1. The summed E-state index contributed by atoms with van der Waals surface area (Å²) in [5.74, 6) is 0.665. The van der Waals surface area contributed by atoms with E-state index in [-0.39, 0.29) is 11.9 Å². The molecular weight excluding hydrogens is 346 g/mol. The average Bonchev–Trinajstić information content (AvgIpc) is 2.94. The number of rotatable bonds is 7. The highest BCUT2D eigenvalue weighted by Gasteiger charge is 2.12. The predicted molar refractivity (Wildman–Crippen MR) is 98.7 cm³/mol. The summed E-state index contributed by atoms with van der Waals surface area (Å²) in [6.45, 7) is 4.87. The van der Waals surface area contributed by atoms with Gasteiger partial charge in [-0.15, -0.1) is 11.3 Å². The summed E-state index contributed by atoms with van der Waals surface area (Å²) < 4.78 is 5.16. The van der Waals surface area contributed by atoms with Crippen LogP contribution in [0.3, 0.4) is 0 Å². The van der Waals surface area contributed by atoms with Gasteiger partial charge in [0.05, 0.1) is 30.9 Å². The number of likely N-dealkylation sites (N-methyl/N-ethyl adjacent to an activating group) is 1. The Bertz CT molecular complexity index is 703. The molecule has 130 valence electrons. The zero-order valence-corrected chi connectivity index (χ0v) is 15.9. The Kier molecular flexibility index (Phi) is 6.60. The molecule has 5 nitrogen and oxygen atoms in total. The number of thiazole rings is 1. The molecule has 1 aromatic heterocycles. The maximum Gasteiger partial charge on any atom is 0.234 e. The van der Waals surface area contributed by atoms with E-state index in [0.717, 1.165) is 16.3 Å². The van der Waals surface area contributed by atoms with Crippen LogP contribution in [-0.2, 0) is 11.3 Å². The van der Waals surface area contributed by atoms with Gasteiger partial charge in [0.2, 0.25) is 5.91 Å². The number of halogens is 1. The van der Waals surface area contributed by atoms with Crippen LogP contribution in [0.25, 0.3) is 11.3 Å². The van der Waals surface area contributed by atoms with E-state index in [9.17, 15) is 4.79 Å². The van der Waals surface area contributed by atoms with Crippen LogP contribution in [0.2, 0.25) is 5.02 Å². The van der Waals surface area contributed by atoms with Crippen molar-refractivity contribution in [1.29, 1.82) is 0 Å². The van der Waals surface area contributed by atoms with Crippen LogP contribution in [0.1, 0.15) is 18.9 Å². The van der Waals surface area contributed by atoms with E-state index in [0.29, 0.717) is 23.9 Å². The van der Waals surface area contributed by atoms with Crippen LogP contribution in [0.15, 0.2) is 23.6 Å². The van der Waals surface area contributed by atoms with Crippen LogP contribution in [0.5, 0.6) is 5.75 Å². The molecule has 0 aliphatic heterocycles. The van der Waals surface area contributed by atoms with Gasteiger partial charge in [0, 0.05) is 17.0 Å². The average molecular weight is 368 g/mol. The lowest BCUT2D eigenvalue weighted by atomic mass is 10.2. The molecule has 1 N–H and O–H groups in total. The largest absolute Gasteiger partial charge is 0.495 e. The SMILES string of the molecule is COc1ccc(-c2csc(CN(C)CC(=O)NC(C)C)n2)cc1Cl. The summed E-state index contributed by atoms with van der Waals surface area (Å²) in [4.78, 5) is 18.4. The zero-order chi connectivity index (χ0) is 17.7. The number of benzene rings is 1. The lowest BCUT2D eigenvalue weighted by Crippen LogP contribution is -2.38. The molecule has 0 fully saturated rings. The number of nitrogens with zero attached hydrogens (tertiary/aromatic N) is 2. The van der Waals surface area contributed by atoms with E-state index < -0.39 is 0 Å². The maximum atomic E-state index is 11.8. The fourth-order valence-corrected chi connectivity index (χ4v) is 3.38. The van der Waals surface area contributed by atoms with Crippen molar-refractivity contribution in [2.24, 2.45) is 0 Å². The van der Waals surface area contributed by atoms with E-state index in [4.69, 9.17) is 16.3 Å². The second-order valence-electron chi connectivity index (χ2n) is 5.87. The molecule has 7 heteroatoms. The number of amides is 1. The lowest BCUT2D eigenvalue weighted by Gasteiger charge is -2.16. The molecule has 0 saturated heterocycles. The van der Waals surface area contributed by atoms with E-state index in [2.05, 4.69) is 10.3 Å². The summed E-state index contributed by atoms with van der Waals surface area (Å²) in [6.07, 6.45) is 0. The third kappa shape index (κ3) is 5.19. The number of ether oxygens (including phenoxy) is 1. The van der Waals surface area contributed by atoms with Gasteiger partial charge in [0.15, 0.2) is 0 Å². The molecule has 0 atom stereocenters. The molecule has 0 aliphatic rings. The van der Waals surface area contributed by atoms with Gasteiger partial charge in [-0.1, -0.05) is 11.6 Å². The molecule has 24 heavy (non-hydrogen) atoms. The third-order valence-electron chi connectivity index (χ3n) is 3.27. The van der Waals surface area contributed by atoms with Crippen LogP contribution >= 0.6 is 22.9 Å². The molecule has 0 saturated carbocycles. The number of carbonyl (C=O) groups is 1. The minimum absolute atomic E-state index is 0.0196. The van der Waals surface area contributed by atoms with Crippen LogP contribution < -0.4 is 10.1 Å². The first-order valence-electron chi connectivity index (χ1n) is 7.65. The highest BCUT2D eigenvalue weighted by Crippen LogP contribution is 2.30. The highest BCUT2D eigenvalue weighted by molar-refractivity contribution is 7.09. The number of methoxy groups -OCH3 is 1. The summed E-state index contributed by atoms with van der Waals surface area (Å²) >= 11 is 7.74. The van der Waals surface area contributed by atoms with Crippen LogP contribution in [0, 0.1) is 0 Å². The number of carbonyl (C=O) groups excluding carboxylic acids is 1. The van der Waals surface area contributed by atoms with Crippen molar-refractivity contribution >= 4 is 28.8 Å². The molecule has 1 heterocycles. The Morgan fingerprint density at radius 3 is 2.83 bits per heavy atom. The fourth-order valence-electron chi connectivity index (χ4n) is 2.24. The standard InChI is InChI=1S/C17H22ClN3O2S/c1-11(2)19-16(22)8-21(3)9-17-20-14(10-24-17)12-5-6-15(23-4)13(18)7-12/h5-7,10-11H,8-9H2,1-4H3,(H,19,22). The topological polar surface area (TPSA) is 54.5 Å². The second kappa shape index (κ2) is 8.46. The lowest BCUT2D eigenvalue weighted by molar-refractivity contribution is -0.122. The minimum atomic E-state index is 0.0196. The van der Waals surface area contributed by atoms with Gasteiger partial charge in [0.1, 0.15) is 10.8 Å². The Morgan fingerprint density at radius 2 is 2.21 bits per heavy atom. The number of nitrogens with one attached hydrogen (secondary N) is 1.